The summed E-state index contributed by atoms with van der Waals surface area (Å²) in [6.07, 6.45) is 0. The van der Waals surface area contributed by atoms with Gasteiger partial charge in [0.1, 0.15) is 0 Å². The molecule has 0 saturated heterocycles. The first-order valence-electron chi connectivity index (χ1n) is 15.7. The largest absolute Gasteiger partial charge is 0.142 e. The van der Waals surface area contributed by atoms with Crippen LogP contribution in [0.1, 0.15) is 0 Å². The maximum atomic E-state index is 2.45. The van der Waals surface area contributed by atoms with Crippen molar-refractivity contribution in [2.24, 2.45) is 0 Å². The van der Waals surface area contributed by atoms with Crippen LogP contribution in [0.3, 0.4) is 0 Å². The van der Waals surface area contributed by atoms with Crippen LogP contribution in [0.25, 0.3) is 96.0 Å². The number of hydrogen-bond acceptors (Lipinski definition) is 2. The molecule has 0 aliphatic carbocycles. The SMILES string of the molecule is c1ccc(-c2csc3c(-c4c5ccccc5c(-c5cccc6ccccc56)c5ccccc45)c4c(cc23)sc2ccccc24)cc1. The second-order valence-electron chi connectivity index (χ2n) is 12.0. The number of thiophene rings is 2. The third-order valence-corrected chi connectivity index (χ3v) is 11.7. The van der Waals surface area contributed by atoms with Crippen LogP contribution in [-0.4, -0.2) is 0 Å². The van der Waals surface area contributed by atoms with E-state index in [1.165, 1.54) is 96.0 Å². The molecule has 0 radical (unpaired) electrons. The lowest BCUT2D eigenvalue weighted by molar-refractivity contribution is 1.69. The maximum absolute atomic E-state index is 2.45. The van der Waals surface area contributed by atoms with Gasteiger partial charge in [-0.15, -0.1) is 22.7 Å². The first-order chi connectivity index (χ1) is 22.8. The molecule has 0 aliphatic heterocycles. The van der Waals surface area contributed by atoms with E-state index in [0.717, 1.165) is 0 Å². The molecule has 2 heteroatoms. The third kappa shape index (κ3) is 3.72. The van der Waals surface area contributed by atoms with Gasteiger partial charge in [0.05, 0.1) is 0 Å². The highest BCUT2D eigenvalue weighted by Gasteiger charge is 2.24. The number of rotatable bonds is 3. The van der Waals surface area contributed by atoms with Crippen molar-refractivity contribution in [2.45, 2.75) is 0 Å². The quantitative estimate of drug-likeness (QED) is 0.173. The van der Waals surface area contributed by atoms with E-state index in [0.29, 0.717) is 0 Å². The van der Waals surface area contributed by atoms with E-state index < -0.39 is 0 Å². The van der Waals surface area contributed by atoms with Crippen molar-refractivity contribution in [3.8, 4) is 33.4 Å². The summed E-state index contributed by atoms with van der Waals surface area (Å²) in [5, 5.41) is 14.1. The van der Waals surface area contributed by atoms with Gasteiger partial charge in [-0.3, -0.25) is 0 Å². The van der Waals surface area contributed by atoms with Crippen LogP contribution in [0.2, 0.25) is 0 Å². The van der Waals surface area contributed by atoms with Crippen LogP contribution in [0.15, 0.2) is 157 Å². The van der Waals surface area contributed by atoms with Gasteiger partial charge in [-0.05, 0) is 72.1 Å². The molecule has 0 unspecified atom stereocenters. The molecule has 2 aromatic heterocycles. The molecule has 10 rings (SSSR count). The van der Waals surface area contributed by atoms with Crippen LogP contribution in [0, 0.1) is 0 Å². The fraction of sp³-hybridized carbons (Fsp3) is 0. The molecule has 0 N–H and O–H groups in total. The van der Waals surface area contributed by atoms with Gasteiger partial charge < -0.3 is 0 Å². The second kappa shape index (κ2) is 10.1. The lowest BCUT2D eigenvalue weighted by atomic mass is 9.83. The molecule has 0 atom stereocenters. The summed E-state index contributed by atoms with van der Waals surface area (Å²) < 4.78 is 4.02. The van der Waals surface area contributed by atoms with Crippen molar-refractivity contribution >= 4 is 85.2 Å². The van der Waals surface area contributed by atoms with Gasteiger partial charge in [0.2, 0.25) is 0 Å². The summed E-state index contributed by atoms with van der Waals surface area (Å²) in [5.41, 5.74) is 7.85. The van der Waals surface area contributed by atoms with E-state index in [4.69, 9.17) is 0 Å². The lowest BCUT2D eigenvalue weighted by Crippen LogP contribution is -1.92. The molecule has 10 aromatic rings. The maximum Gasteiger partial charge on any atom is 0.0435 e. The van der Waals surface area contributed by atoms with Crippen molar-refractivity contribution < 1.29 is 0 Å². The number of benzene rings is 8. The average Bonchev–Trinajstić information content (AvgIpc) is 3.71. The smallest absolute Gasteiger partial charge is 0.0435 e. The zero-order valence-electron chi connectivity index (χ0n) is 24.8. The molecule has 214 valence electrons. The van der Waals surface area contributed by atoms with Crippen molar-refractivity contribution in [3.05, 3.63) is 157 Å². The Morgan fingerprint density at radius 3 is 1.70 bits per heavy atom. The summed E-state index contributed by atoms with van der Waals surface area (Å²) in [6, 6.07) is 55.9. The fourth-order valence-corrected chi connectivity index (χ4v) is 9.85. The van der Waals surface area contributed by atoms with Crippen molar-refractivity contribution in [3.63, 3.8) is 0 Å². The zero-order valence-corrected chi connectivity index (χ0v) is 26.5. The minimum Gasteiger partial charge on any atom is -0.142 e. The van der Waals surface area contributed by atoms with Crippen molar-refractivity contribution in [2.75, 3.05) is 0 Å². The summed E-state index contributed by atoms with van der Waals surface area (Å²) in [6.45, 7) is 0. The molecule has 2 heterocycles. The van der Waals surface area contributed by atoms with E-state index in [-0.39, 0.29) is 0 Å². The lowest BCUT2D eigenvalue weighted by Gasteiger charge is -2.20. The minimum absolute atomic E-state index is 1.26. The Morgan fingerprint density at radius 1 is 0.370 bits per heavy atom. The van der Waals surface area contributed by atoms with Crippen molar-refractivity contribution in [1.82, 2.24) is 0 Å². The van der Waals surface area contributed by atoms with Gasteiger partial charge in [0.15, 0.2) is 0 Å². The van der Waals surface area contributed by atoms with Gasteiger partial charge in [0, 0.05) is 41.4 Å². The monoisotopic (exact) mass is 618 g/mol. The Kier molecular flexibility index (Phi) is 5.72. The van der Waals surface area contributed by atoms with Crippen LogP contribution in [0.4, 0.5) is 0 Å². The van der Waals surface area contributed by atoms with E-state index in [9.17, 15) is 0 Å². The molecular formula is C44H26S2. The van der Waals surface area contributed by atoms with Gasteiger partial charge in [-0.1, -0.05) is 140 Å². The topological polar surface area (TPSA) is 0 Å². The molecule has 0 saturated carbocycles. The highest BCUT2D eigenvalue weighted by Crippen LogP contribution is 2.53. The normalized spacial score (nSPS) is 11.9. The molecule has 0 amide bonds. The summed E-state index contributed by atoms with van der Waals surface area (Å²) in [4.78, 5) is 0. The molecule has 0 aliphatic rings. The molecule has 0 spiro atoms. The Bertz CT molecular complexity index is 2740. The molecule has 0 fully saturated rings. The van der Waals surface area contributed by atoms with Crippen LogP contribution < -0.4 is 0 Å². The molecule has 0 nitrogen and oxygen atoms in total. The predicted molar refractivity (Wildman–Crippen MR) is 204 cm³/mol. The average molecular weight is 619 g/mol. The summed E-state index contributed by atoms with van der Waals surface area (Å²) >= 11 is 3.79. The Hall–Kier alpha value is -5.28. The first-order valence-corrected chi connectivity index (χ1v) is 17.4. The highest BCUT2D eigenvalue weighted by atomic mass is 32.1. The van der Waals surface area contributed by atoms with Crippen molar-refractivity contribution in [1.29, 1.82) is 0 Å². The van der Waals surface area contributed by atoms with E-state index in [1.807, 2.05) is 22.7 Å². The third-order valence-electron chi connectivity index (χ3n) is 9.53. The van der Waals surface area contributed by atoms with E-state index >= 15 is 0 Å². The fourth-order valence-electron chi connectivity index (χ4n) is 7.58. The van der Waals surface area contributed by atoms with Crippen LogP contribution in [-0.2, 0) is 0 Å². The van der Waals surface area contributed by atoms with Crippen LogP contribution in [0.5, 0.6) is 0 Å². The Labute approximate surface area is 274 Å². The number of hydrogen-bond donors (Lipinski definition) is 0. The minimum atomic E-state index is 1.26. The summed E-state index contributed by atoms with van der Waals surface area (Å²) in [5.74, 6) is 0. The molecule has 46 heavy (non-hydrogen) atoms. The summed E-state index contributed by atoms with van der Waals surface area (Å²) in [7, 11) is 0. The molecular weight excluding hydrogens is 593 g/mol. The molecule has 0 bridgehead atoms. The zero-order chi connectivity index (χ0) is 30.2. The van der Waals surface area contributed by atoms with E-state index in [1.54, 1.807) is 0 Å². The van der Waals surface area contributed by atoms with Gasteiger partial charge in [-0.25, -0.2) is 0 Å². The molecule has 8 aromatic carbocycles. The second-order valence-corrected chi connectivity index (χ2v) is 13.9. The Balaban J connectivity index is 1.43. The number of fused-ring (bicyclic) bond motifs is 7. The van der Waals surface area contributed by atoms with Crippen LogP contribution >= 0.6 is 22.7 Å². The van der Waals surface area contributed by atoms with Gasteiger partial charge in [0.25, 0.3) is 0 Å². The van der Waals surface area contributed by atoms with E-state index in [2.05, 4.69) is 157 Å². The highest BCUT2D eigenvalue weighted by molar-refractivity contribution is 7.26. The Morgan fingerprint density at radius 2 is 0.957 bits per heavy atom. The van der Waals surface area contributed by atoms with Gasteiger partial charge >= 0.3 is 0 Å². The van der Waals surface area contributed by atoms with Gasteiger partial charge in [-0.2, -0.15) is 0 Å². The first kappa shape index (κ1) is 26.0. The standard InChI is InChI=1S/C44H26S2/c1-2-13-28(14-3-1)37-26-45-44-36(37)25-39-42(35-22-10-11-24-38(35)46-39)43(44)41-33-20-8-6-18-31(33)40(32-19-7-9-21-34(32)41)30-23-12-16-27-15-4-5-17-29(27)30/h1-26H. The predicted octanol–water partition coefficient (Wildman–Crippen LogP) is 13.7.